The van der Waals surface area contributed by atoms with Gasteiger partial charge >= 0.3 is 122 Å². The molecule has 1 heterocycles. The van der Waals surface area contributed by atoms with Crippen LogP contribution in [0.2, 0.25) is 0 Å². The number of rotatable bonds is 7. The van der Waals surface area contributed by atoms with E-state index in [1.807, 2.05) is 16.9 Å². The van der Waals surface area contributed by atoms with Crippen molar-refractivity contribution in [1.82, 2.24) is 9.80 Å². The second-order valence-electron chi connectivity index (χ2n) is 4.80. The fraction of sp³-hybridized carbons (Fsp3) is 0.923. The maximum absolute atomic E-state index is 11.5. The Morgan fingerprint density at radius 1 is 1.56 bits per heavy atom. The van der Waals surface area contributed by atoms with Crippen LogP contribution in [-0.2, 0) is 4.74 Å². The van der Waals surface area contributed by atoms with Crippen LogP contribution in [-0.4, -0.2) is 64.6 Å². The third-order valence-electron chi connectivity index (χ3n) is 3.30. The van der Waals surface area contributed by atoms with Crippen LogP contribution in [0.1, 0.15) is 26.2 Å². The Kier molecular flexibility index (Phi) is 8.17. The number of nitrogens with zero attached hydrogens (tertiary/aromatic N) is 2. The molecule has 1 aliphatic rings. The molecule has 1 fully saturated rings. The number of unbranched alkanes of at least 4 members (excludes halogenated alkanes) is 1. The van der Waals surface area contributed by atoms with E-state index in [2.05, 4.69) is 11.8 Å². The molecule has 0 radical (unpaired) electrons. The Balaban J connectivity index is 2.23. The molecule has 108 valence electrons. The molecule has 0 unspecified atom stereocenters. The number of halogens is 1. The van der Waals surface area contributed by atoms with Crippen molar-refractivity contribution in [1.29, 1.82) is 0 Å². The zero-order valence-electron chi connectivity index (χ0n) is 11.8. The Morgan fingerprint density at radius 2 is 2.33 bits per heavy atom. The van der Waals surface area contributed by atoms with Crippen molar-refractivity contribution < 1.29 is 30.7 Å². The number of carbonyl (C=O) groups is 1. The van der Waals surface area contributed by atoms with Gasteiger partial charge in [0.15, 0.2) is 0 Å². The third kappa shape index (κ3) is 5.84. The van der Waals surface area contributed by atoms with Crippen molar-refractivity contribution in [3.05, 3.63) is 0 Å². The van der Waals surface area contributed by atoms with E-state index >= 15 is 0 Å². The van der Waals surface area contributed by atoms with E-state index in [4.69, 9.17) is 4.74 Å². The first-order valence-corrected chi connectivity index (χ1v) is 9.99. The average molecular weight is 369 g/mol. The molecule has 0 bridgehead atoms. The standard InChI is InChI=1S/C13H26IN2O2/c1-4-5-7-16-9-10-18-12(11-16)6-8-15(3)13(17)14-2/h12H,4-11H2,1-3H3/q-1/t12-/m0/s1. The zero-order chi connectivity index (χ0) is 13.4. The van der Waals surface area contributed by atoms with Crippen LogP contribution in [0, 0.1) is 0 Å². The van der Waals surface area contributed by atoms with Crippen molar-refractivity contribution >= 4 is 3.91 Å². The van der Waals surface area contributed by atoms with E-state index in [1.54, 1.807) is 0 Å². The van der Waals surface area contributed by atoms with Crippen LogP contribution in [0.15, 0.2) is 0 Å². The van der Waals surface area contributed by atoms with Gasteiger partial charge in [-0.3, -0.25) is 0 Å². The fourth-order valence-corrected chi connectivity index (χ4v) is 3.17. The normalized spacial score (nSPS) is 21.2. The topological polar surface area (TPSA) is 32.8 Å². The van der Waals surface area contributed by atoms with E-state index in [0.717, 1.165) is 32.7 Å². The molecule has 1 amide bonds. The van der Waals surface area contributed by atoms with Gasteiger partial charge < -0.3 is 0 Å². The van der Waals surface area contributed by atoms with Gasteiger partial charge in [-0.15, -0.1) is 0 Å². The molecule has 18 heavy (non-hydrogen) atoms. The molecular weight excluding hydrogens is 343 g/mol. The summed E-state index contributed by atoms with van der Waals surface area (Å²) in [5.74, 6) is 0. The van der Waals surface area contributed by atoms with Crippen molar-refractivity contribution in [2.24, 2.45) is 0 Å². The molecule has 1 aliphatic heterocycles. The number of carbonyl (C=O) groups excluding carboxylic acids is 1. The van der Waals surface area contributed by atoms with E-state index in [1.165, 1.54) is 19.4 Å². The van der Waals surface area contributed by atoms with Gasteiger partial charge in [0, 0.05) is 0 Å². The molecule has 1 saturated heterocycles. The molecule has 5 heteroatoms. The minimum absolute atomic E-state index is 0.306. The van der Waals surface area contributed by atoms with Gasteiger partial charge in [-0.2, -0.15) is 0 Å². The van der Waals surface area contributed by atoms with E-state index < -0.39 is 0 Å². The quantitative estimate of drug-likeness (QED) is 0.241. The Bertz CT molecular complexity index is 251. The van der Waals surface area contributed by atoms with Gasteiger partial charge in [0.2, 0.25) is 0 Å². The molecule has 0 aromatic heterocycles. The van der Waals surface area contributed by atoms with Crippen molar-refractivity contribution in [3.8, 4) is 0 Å². The summed E-state index contributed by atoms with van der Waals surface area (Å²) in [6.07, 6.45) is 3.79. The van der Waals surface area contributed by atoms with Crippen LogP contribution in [0.3, 0.4) is 0 Å². The molecule has 0 saturated carbocycles. The third-order valence-corrected chi connectivity index (χ3v) is 5.05. The number of ether oxygens (including phenoxy) is 1. The number of morpholine rings is 1. The first-order chi connectivity index (χ1) is 8.67. The SMILES string of the molecule is CCCCN1CCO[C@@H](CCN(C)C(=O)[I-]C)C1. The van der Waals surface area contributed by atoms with E-state index in [0.29, 0.717) is 10.0 Å². The van der Waals surface area contributed by atoms with Crippen molar-refractivity contribution in [2.45, 2.75) is 32.3 Å². The summed E-state index contributed by atoms with van der Waals surface area (Å²) in [7, 11) is 1.91. The van der Waals surface area contributed by atoms with Gasteiger partial charge in [-0.05, 0) is 0 Å². The van der Waals surface area contributed by atoms with Crippen molar-refractivity contribution in [2.75, 3.05) is 44.8 Å². The summed E-state index contributed by atoms with van der Waals surface area (Å²) in [5, 5.41) is 0. The molecule has 0 aromatic rings. The molecule has 0 N–H and O–H groups in total. The summed E-state index contributed by atoms with van der Waals surface area (Å²) in [5.41, 5.74) is 0. The van der Waals surface area contributed by atoms with Gasteiger partial charge in [0.1, 0.15) is 0 Å². The predicted molar refractivity (Wildman–Crippen MR) is 69.7 cm³/mol. The second kappa shape index (κ2) is 9.09. The molecule has 0 spiro atoms. The predicted octanol–water partition coefficient (Wildman–Crippen LogP) is -1.35. The minimum atomic E-state index is -0.308. The van der Waals surface area contributed by atoms with Gasteiger partial charge in [0.05, 0.1) is 0 Å². The summed E-state index contributed by atoms with van der Waals surface area (Å²) in [6, 6.07) is 0. The molecule has 1 rings (SSSR count). The number of alkyl halides is 1. The van der Waals surface area contributed by atoms with Crippen LogP contribution in [0.5, 0.6) is 0 Å². The Hall–Kier alpha value is 0.120. The van der Waals surface area contributed by atoms with Crippen LogP contribution in [0.4, 0.5) is 4.79 Å². The maximum atomic E-state index is 11.5. The second-order valence-corrected chi connectivity index (χ2v) is 6.80. The summed E-state index contributed by atoms with van der Waals surface area (Å²) in [4.78, 5) is 17.9. The van der Waals surface area contributed by atoms with Crippen LogP contribution >= 0.6 is 0 Å². The fourth-order valence-electron chi connectivity index (χ4n) is 2.11. The number of hydrogen-bond acceptors (Lipinski definition) is 3. The molecule has 0 aromatic carbocycles. The molecule has 4 nitrogen and oxygen atoms in total. The first-order valence-electron chi connectivity index (χ1n) is 6.75. The zero-order valence-corrected chi connectivity index (χ0v) is 14.0. The van der Waals surface area contributed by atoms with E-state index in [-0.39, 0.29) is 21.2 Å². The monoisotopic (exact) mass is 369 g/mol. The molecule has 1 atom stereocenters. The summed E-state index contributed by atoms with van der Waals surface area (Å²) < 4.78 is 6.11. The van der Waals surface area contributed by atoms with Gasteiger partial charge in [-0.1, -0.05) is 0 Å². The van der Waals surface area contributed by atoms with Gasteiger partial charge in [-0.25, -0.2) is 0 Å². The number of amides is 1. The Morgan fingerprint density at radius 3 is 3.00 bits per heavy atom. The van der Waals surface area contributed by atoms with Crippen molar-refractivity contribution in [3.63, 3.8) is 0 Å². The van der Waals surface area contributed by atoms with E-state index in [9.17, 15) is 4.79 Å². The first kappa shape index (κ1) is 16.2. The van der Waals surface area contributed by atoms with Crippen LogP contribution in [0.25, 0.3) is 0 Å². The van der Waals surface area contributed by atoms with Crippen LogP contribution < -0.4 is 21.2 Å². The average Bonchev–Trinajstić information content (AvgIpc) is 2.42. The molecule has 0 aliphatic carbocycles. The Labute approximate surface area is 121 Å². The number of hydrogen-bond donors (Lipinski definition) is 0. The summed E-state index contributed by atoms with van der Waals surface area (Å²) >= 11 is -0.308. The van der Waals surface area contributed by atoms with Gasteiger partial charge in [0.25, 0.3) is 0 Å². The molecular formula is C13H26IN2O2-. The summed E-state index contributed by atoms with van der Waals surface area (Å²) in [6.45, 7) is 7.18.